The van der Waals surface area contributed by atoms with Gasteiger partial charge in [0, 0.05) is 17.0 Å². The van der Waals surface area contributed by atoms with Crippen molar-refractivity contribution in [2.45, 2.75) is 45.4 Å². The van der Waals surface area contributed by atoms with E-state index >= 15 is 0 Å². The lowest BCUT2D eigenvalue weighted by Crippen LogP contribution is -2.01. The number of allylic oxidation sites excluding steroid dienone is 1. The van der Waals surface area contributed by atoms with Crippen LogP contribution in [0.5, 0.6) is 5.75 Å². The lowest BCUT2D eigenvalue weighted by molar-refractivity contribution is -0.131. The van der Waals surface area contributed by atoms with E-state index in [4.69, 9.17) is 9.84 Å². The molecule has 0 aliphatic carbocycles. The molecule has 0 aliphatic rings. The highest BCUT2D eigenvalue weighted by Crippen LogP contribution is 2.29. The quantitative estimate of drug-likeness (QED) is 0.333. The van der Waals surface area contributed by atoms with Crippen molar-refractivity contribution >= 4 is 22.5 Å². The van der Waals surface area contributed by atoms with E-state index in [2.05, 4.69) is 6.92 Å². The lowest BCUT2D eigenvalue weighted by Gasteiger charge is -2.11. The second kappa shape index (κ2) is 10.4. The van der Waals surface area contributed by atoms with Crippen molar-refractivity contribution in [2.24, 2.45) is 0 Å². The minimum Gasteiger partial charge on any atom is -0.493 e. The number of carboxylic acids is 1. The average molecular weight is 354 g/mol. The van der Waals surface area contributed by atoms with E-state index < -0.39 is 5.97 Å². The number of aliphatic carboxylic acids is 1. The van der Waals surface area contributed by atoms with Gasteiger partial charge in [-0.3, -0.25) is 4.79 Å². The zero-order valence-corrected chi connectivity index (χ0v) is 15.2. The van der Waals surface area contributed by atoms with Crippen molar-refractivity contribution in [2.75, 3.05) is 6.61 Å². The number of unbranched alkanes of at least 4 members (excludes halogenated alkanes) is 5. The molecule has 2 aromatic rings. The molecule has 0 aromatic heterocycles. The first-order valence-electron chi connectivity index (χ1n) is 9.23. The largest absolute Gasteiger partial charge is 0.493 e. The standard InChI is InChI=1S/C22H26O4/c1-2-3-4-5-6-9-16-26-21-14-12-18(20(23)13-15-22(24)25)17-10-7-8-11-19(17)21/h7-8,10-15H,2-6,9,16H2,1H3,(H,24,25)/b15-13+. The van der Waals surface area contributed by atoms with Crippen LogP contribution in [0.3, 0.4) is 0 Å². The van der Waals surface area contributed by atoms with Crippen molar-refractivity contribution in [3.05, 3.63) is 54.1 Å². The highest BCUT2D eigenvalue weighted by Gasteiger charge is 2.11. The van der Waals surface area contributed by atoms with Crippen molar-refractivity contribution in [3.8, 4) is 5.75 Å². The number of ketones is 1. The summed E-state index contributed by atoms with van der Waals surface area (Å²) in [4.78, 5) is 22.9. The van der Waals surface area contributed by atoms with Gasteiger partial charge in [0.15, 0.2) is 5.78 Å². The van der Waals surface area contributed by atoms with Crippen LogP contribution >= 0.6 is 0 Å². The number of carbonyl (C=O) groups excluding carboxylic acids is 1. The summed E-state index contributed by atoms with van der Waals surface area (Å²) in [6.45, 7) is 2.86. The molecular weight excluding hydrogens is 328 g/mol. The van der Waals surface area contributed by atoms with Crippen LogP contribution in [0.1, 0.15) is 55.8 Å². The van der Waals surface area contributed by atoms with Gasteiger partial charge in [0.05, 0.1) is 6.61 Å². The highest BCUT2D eigenvalue weighted by molar-refractivity contribution is 6.15. The van der Waals surface area contributed by atoms with E-state index in [0.29, 0.717) is 12.2 Å². The monoisotopic (exact) mass is 354 g/mol. The lowest BCUT2D eigenvalue weighted by atomic mass is 10.0. The van der Waals surface area contributed by atoms with Crippen LogP contribution in [0.15, 0.2) is 48.6 Å². The number of benzene rings is 2. The van der Waals surface area contributed by atoms with Gasteiger partial charge in [0.1, 0.15) is 5.75 Å². The van der Waals surface area contributed by atoms with Crippen LogP contribution in [-0.4, -0.2) is 23.5 Å². The van der Waals surface area contributed by atoms with Crippen LogP contribution < -0.4 is 4.74 Å². The molecule has 4 nitrogen and oxygen atoms in total. The fraction of sp³-hybridized carbons (Fsp3) is 0.364. The number of carbonyl (C=O) groups is 2. The van der Waals surface area contributed by atoms with Gasteiger partial charge in [-0.2, -0.15) is 0 Å². The Morgan fingerprint density at radius 1 is 0.923 bits per heavy atom. The summed E-state index contributed by atoms with van der Waals surface area (Å²) in [5, 5.41) is 10.3. The molecule has 2 rings (SSSR count). The zero-order chi connectivity index (χ0) is 18.8. The van der Waals surface area contributed by atoms with Gasteiger partial charge in [0.2, 0.25) is 0 Å². The molecule has 0 bridgehead atoms. The SMILES string of the molecule is CCCCCCCCOc1ccc(C(=O)/C=C/C(=O)O)c2ccccc12. The minimum absolute atomic E-state index is 0.328. The summed E-state index contributed by atoms with van der Waals surface area (Å²) in [6.07, 6.45) is 9.17. The Morgan fingerprint density at radius 3 is 2.35 bits per heavy atom. The first kappa shape index (κ1) is 19.7. The van der Waals surface area contributed by atoms with Gasteiger partial charge in [-0.1, -0.05) is 63.3 Å². The summed E-state index contributed by atoms with van der Waals surface area (Å²) >= 11 is 0. The number of rotatable bonds is 11. The Kier molecular flexibility index (Phi) is 7.87. The number of carboxylic acid groups (broad SMARTS) is 1. The van der Waals surface area contributed by atoms with E-state index in [1.807, 2.05) is 24.3 Å². The fourth-order valence-electron chi connectivity index (χ4n) is 2.91. The first-order valence-corrected chi connectivity index (χ1v) is 9.23. The molecule has 0 atom stereocenters. The van der Waals surface area contributed by atoms with E-state index in [0.717, 1.165) is 41.5 Å². The second-order valence-electron chi connectivity index (χ2n) is 6.31. The summed E-state index contributed by atoms with van der Waals surface area (Å²) in [5.74, 6) is -0.708. The predicted molar refractivity (Wildman–Crippen MR) is 104 cm³/mol. The van der Waals surface area contributed by atoms with Crippen molar-refractivity contribution in [1.82, 2.24) is 0 Å². The molecule has 0 heterocycles. The topological polar surface area (TPSA) is 63.6 Å². The molecule has 0 aliphatic heterocycles. The van der Waals surface area contributed by atoms with E-state index in [1.54, 1.807) is 12.1 Å². The molecule has 0 spiro atoms. The Morgan fingerprint density at radius 2 is 1.62 bits per heavy atom. The van der Waals surface area contributed by atoms with Gasteiger partial charge < -0.3 is 9.84 Å². The molecule has 4 heteroatoms. The smallest absolute Gasteiger partial charge is 0.328 e. The third-order valence-corrected chi connectivity index (χ3v) is 4.28. The summed E-state index contributed by atoms with van der Waals surface area (Å²) in [6, 6.07) is 11.0. The van der Waals surface area contributed by atoms with Crippen molar-refractivity contribution in [1.29, 1.82) is 0 Å². The summed E-state index contributed by atoms with van der Waals surface area (Å²) in [5.41, 5.74) is 0.477. The Bertz CT molecular complexity index is 777. The Labute approximate surface area is 154 Å². The molecule has 26 heavy (non-hydrogen) atoms. The maximum Gasteiger partial charge on any atom is 0.328 e. The maximum absolute atomic E-state index is 12.3. The van der Waals surface area contributed by atoms with Crippen LogP contribution in [-0.2, 0) is 4.79 Å². The average Bonchev–Trinajstić information content (AvgIpc) is 2.65. The number of hydrogen-bond donors (Lipinski definition) is 1. The van der Waals surface area contributed by atoms with E-state index in [1.165, 1.54) is 25.7 Å². The van der Waals surface area contributed by atoms with Crippen LogP contribution in [0.2, 0.25) is 0 Å². The van der Waals surface area contributed by atoms with Gasteiger partial charge in [-0.25, -0.2) is 4.79 Å². The molecule has 0 amide bonds. The van der Waals surface area contributed by atoms with Crippen molar-refractivity contribution < 1.29 is 19.4 Å². The highest BCUT2D eigenvalue weighted by atomic mass is 16.5. The minimum atomic E-state index is -1.14. The third-order valence-electron chi connectivity index (χ3n) is 4.28. The second-order valence-corrected chi connectivity index (χ2v) is 6.31. The molecule has 0 fully saturated rings. The number of ether oxygens (including phenoxy) is 1. The third kappa shape index (κ3) is 5.73. The zero-order valence-electron chi connectivity index (χ0n) is 15.2. The summed E-state index contributed by atoms with van der Waals surface area (Å²) < 4.78 is 5.94. The van der Waals surface area contributed by atoms with Gasteiger partial charge in [0.25, 0.3) is 0 Å². The molecule has 2 aromatic carbocycles. The fourth-order valence-corrected chi connectivity index (χ4v) is 2.91. The number of fused-ring (bicyclic) bond motifs is 1. The predicted octanol–water partition coefficient (Wildman–Crippen LogP) is 5.40. The summed E-state index contributed by atoms with van der Waals surface area (Å²) in [7, 11) is 0. The Balaban J connectivity index is 2.07. The molecule has 0 unspecified atom stereocenters. The first-order chi connectivity index (χ1) is 12.6. The maximum atomic E-state index is 12.3. The van der Waals surface area contributed by atoms with Crippen molar-refractivity contribution in [3.63, 3.8) is 0 Å². The molecule has 0 radical (unpaired) electrons. The molecular formula is C22H26O4. The molecule has 0 saturated heterocycles. The van der Waals surface area contributed by atoms with E-state index in [-0.39, 0.29) is 5.78 Å². The normalized spacial score (nSPS) is 11.1. The van der Waals surface area contributed by atoms with Crippen LogP contribution in [0, 0.1) is 0 Å². The number of hydrogen-bond acceptors (Lipinski definition) is 3. The van der Waals surface area contributed by atoms with Crippen LogP contribution in [0.25, 0.3) is 10.8 Å². The van der Waals surface area contributed by atoms with Crippen LogP contribution in [0.4, 0.5) is 0 Å². The van der Waals surface area contributed by atoms with Gasteiger partial charge in [-0.15, -0.1) is 0 Å². The Hall–Kier alpha value is -2.62. The van der Waals surface area contributed by atoms with Gasteiger partial charge in [-0.05, 0) is 30.0 Å². The van der Waals surface area contributed by atoms with Gasteiger partial charge >= 0.3 is 5.97 Å². The van der Waals surface area contributed by atoms with E-state index in [9.17, 15) is 9.59 Å². The molecule has 0 saturated carbocycles. The molecule has 1 N–H and O–H groups in total. The molecule has 138 valence electrons.